The van der Waals surface area contributed by atoms with Gasteiger partial charge in [0, 0.05) is 12.6 Å². The maximum atomic E-state index is 8.93. The lowest BCUT2D eigenvalue weighted by atomic mass is 9.91. The van der Waals surface area contributed by atoms with Gasteiger partial charge >= 0.3 is 0 Å². The number of hydrogen-bond acceptors (Lipinski definition) is 2. The highest BCUT2D eigenvalue weighted by atomic mass is 16.3. The molecule has 13 heavy (non-hydrogen) atoms. The van der Waals surface area contributed by atoms with Gasteiger partial charge in [0.25, 0.3) is 0 Å². The maximum absolute atomic E-state index is 8.93. The molecule has 0 heterocycles. The second-order valence-corrected chi connectivity index (χ2v) is 4.53. The Morgan fingerprint density at radius 1 is 1.31 bits per heavy atom. The van der Waals surface area contributed by atoms with Crippen molar-refractivity contribution in [1.29, 1.82) is 0 Å². The first-order valence-corrected chi connectivity index (χ1v) is 5.59. The van der Waals surface area contributed by atoms with Crippen LogP contribution in [0.5, 0.6) is 0 Å². The molecule has 0 aromatic carbocycles. The molecule has 1 saturated carbocycles. The highest BCUT2D eigenvalue weighted by molar-refractivity contribution is 4.79. The van der Waals surface area contributed by atoms with Crippen molar-refractivity contribution < 1.29 is 5.11 Å². The molecule has 1 N–H and O–H groups in total. The van der Waals surface area contributed by atoms with E-state index in [9.17, 15) is 0 Å². The molecular weight excluding hydrogens is 162 g/mol. The summed E-state index contributed by atoms with van der Waals surface area (Å²) >= 11 is 0. The third-order valence-corrected chi connectivity index (χ3v) is 2.97. The van der Waals surface area contributed by atoms with Crippen molar-refractivity contribution in [2.75, 3.05) is 19.7 Å². The minimum Gasteiger partial charge on any atom is -0.395 e. The van der Waals surface area contributed by atoms with Crippen LogP contribution in [0.3, 0.4) is 0 Å². The molecule has 0 spiro atoms. The summed E-state index contributed by atoms with van der Waals surface area (Å²) in [7, 11) is 0. The molecule has 2 heteroatoms. The van der Waals surface area contributed by atoms with Crippen LogP contribution in [0.15, 0.2) is 0 Å². The predicted molar refractivity (Wildman–Crippen MR) is 55.8 cm³/mol. The molecule has 1 fully saturated rings. The fraction of sp³-hybridized carbons (Fsp3) is 1.00. The van der Waals surface area contributed by atoms with Crippen molar-refractivity contribution in [2.45, 2.75) is 45.6 Å². The third kappa shape index (κ3) is 3.65. The fourth-order valence-corrected chi connectivity index (χ4v) is 1.78. The van der Waals surface area contributed by atoms with Gasteiger partial charge in [-0.2, -0.15) is 0 Å². The van der Waals surface area contributed by atoms with Gasteiger partial charge in [0.05, 0.1) is 6.61 Å². The Kier molecular flexibility index (Phi) is 4.74. The van der Waals surface area contributed by atoms with Crippen LogP contribution < -0.4 is 0 Å². The molecule has 0 aliphatic heterocycles. The molecule has 2 nitrogen and oxygen atoms in total. The minimum absolute atomic E-state index is 0.314. The van der Waals surface area contributed by atoms with E-state index >= 15 is 0 Å². The summed E-state index contributed by atoms with van der Waals surface area (Å²) in [5, 5.41) is 8.93. The quantitative estimate of drug-likeness (QED) is 0.683. The summed E-state index contributed by atoms with van der Waals surface area (Å²) < 4.78 is 0. The zero-order chi connectivity index (χ0) is 9.68. The average Bonchev–Trinajstić information content (AvgIpc) is 1.97. The lowest BCUT2D eigenvalue weighted by Gasteiger charge is -2.37. The van der Waals surface area contributed by atoms with E-state index in [2.05, 4.69) is 18.7 Å². The number of nitrogens with zero attached hydrogens (tertiary/aromatic N) is 1. The van der Waals surface area contributed by atoms with E-state index in [1.54, 1.807) is 0 Å². The first kappa shape index (κ1) is 11.0. The van der Waals surface area contributed by atoms with Crippen molar-refractivity contribution in [3.63, 3.8) is 0 Å². The molecule has 0 unspecified atom stereocenters. The maximum Gasteiger partial charge on any atom is 0.0558 e. The smallest absolute Gasteiger partial charge is 0.0558 e. The van der Waals surface area contributed by atoms with Crippen LogP contribution in [0.2, 0.25) is 0 Å². The van der Waals surface area contributed by atoms with Gasteiger partial charge in [-0.15, -0.1) is 0 Å². The van der Waals surface area contributed by atoms with Gasteiger partial charge in [0.2, 0.25) is 0 Å². The van der Waals surface area contributed by atoms with E-state index < -0.39 is 0 Å². The molecule has 0 saturated heterocycles. The first-order chi connectivity index (χ1) is 6.24. The molecule has 1 aliphatic carbocycles. The van der Waals surface area contributed by atoms with Crippen LogP contribution in [-0.4, -0.2) is 35.7 Å². The molecule has 0 bridgehead atoms. The van der Waals surface area contributed by atoms with Gasteiger partial charge in [-0.25, -0.2) is 0 Å². The summed E-state index contributed by atoms with van der Waals surface area (Å²) in [4.78, 5) is 2.46. The molecule has 1 rings (SSSR count). The summed E-state index contributed by atoms with van der Waals surface area (Å²) in [5.74, 6) is 0.779. The Morgan fingerprint density at radius 3 is 2.38 bits per heavy atom. The van der Waals surface area contributed by atoms with Crippen molar-refractivity contribution in [2.24, 2.45) is 5.92 Å². The first-order valence-electron chi connectivity index (χ1n) is 5.59. The van der Waals surface area contributed by atoms with Crippen LogP contribution in [0.1, 0.15) is 39.5 Å². The molecule has 0 radical (unpaired) electrons. The Labute approximate surface area is 81.9 Å². The van der Waals surface area contributed by atoms with E-state index in [0.717, 1.165) is 18.5 Å². The summed E-state index contributed by atoms with van der Waals surface area (Å²) in [6.07, 6.45) is 5.33. The van der Waals surface area contributed by atoms with E-state index in [1.165, 1.54) is 32.2 Å². The number of aliphatic hydroxyl groups excluding tert-OH is 1. The van der Waals surface area contributed by atoms with E-state index in [4.69, 9.17) is 5.11 Å². The van der Waals surface area contributed by atoms with Crippen LogP contribution >= 0.6 is 0 Å². The van der Waals surface area contributed by atoms with E-state index in [0.29, 0.717) is 6.61 Å². The summed E-state index contributed by atoms with van der Waals surface area (Å²) in [6.45, 7) is 6.88. The molecule has 0 atom stereocenters. The van der Waals surface area contributed by atoms with Gasteiger partial charge in [0.15, 0.2) is 0 Å². The Balaban J connectivity index is 2.20. The summed E-state index contributed by atoms with van der Waals surface area (Å²) in [5.41, 5.74) is 0. The lowest BCUT2D eigenvalue weighted by molar-refractivity contribution is 0.0966. The molecule has 1 aliphatic rings. The zero-order valence-electron chi connectivity index (χ0n) is 9.00. The van der Waals surface area contributed by atoms with Gasteiger partial charge < -0.3 is 5.11 Å². The molecule has 0 aromatic rings. The average molecular weight is 185 g/mol. The number of rotatable bonds is 6. The number of hydrogen-bond donors (Lipinski definition) is 1. The standard InChI is InChI=1S/C11H23NO/c1-10(2)6-7-12(8-9-13)11-4-3-5-11/h10-11,13H,3-9H2,1-2H3. The van der Waals surface area contributed by atoms with E-state index in [1.807, 2.05) is 0 Å². The Hall–Kier alpha value is -0.0800. The van der Waals surface area contributed by atoms with E-state index in [-0.39, 0.29) is 0 Å². The summed E-state index contributed by atoms with van der Waals surface area (Å²) in [6, 6.07) is 0.783. The third-order valence-electron chi connectivity index (χ3n) is 2.97. The number of aliphatic hydroxyl groups is 1. The zero-order valence-corrected chi connectivity index (χ0v) is 9.00. The van der Waals surface area contributed by atoms with Crippen molar-refractivity contribution in [1.82, 2.24) is 4.90 Å². The molecule has 0 aromatic heterocycles. The van der Waals surface area contributed by atoms with Crippen LogP contribution in [-0.2, 0) is 0 Å². The molecular formula is C11H23NO. The van der Waals surface area contributed by atoms with Crippen molar-refractivity contribution >= 4 is 0 Å². The van der Waals surface area contributed by atoms with Gasteiger partial charge in [0.1, 0.15) is 0 Å². The fourth-order valence-electron chi connectivity index (χ4n) is 1.78. The Morgan fingerprint density at radius 2 is 2.00 bits per heavy atom. The monoisotopic (exact) mass is 185 g/mol. The molecule has 0 amide bonds. The van der Waals surface area contributed by atoms with Gasteiger partial charge in [-0.1, -0.05) is 20.3 Å². The molecule has 78 valence electrons. The van der Waals surface area contributed by atoms with Crippen molar-refractivity contribution in [3.8, 4) is 0 Å². The van der Waals surface area contributed by atoms with Crippen LogP contribution in [0, 0.1) is 5.92 Å². The Bertz CT molecular complexity index is 132. The van der Waals surface area contributed by atoms with Crippen molar-refractivity contribution in [3.05, 3.63) is 0 Å². The highest BCUT2D eigenvalue weighted by Crippen LogP contribution is 2.24. The second-order valence-electron chi connectivity index (χ2n) is 4.53. The van der Waals surface area contributed by atoms with Gasteiger partial charge in [-0.3, -0.25) is 4.90 Å². The largest absolute Gasteiger partial charge is 0.395 e. The highest BCUT2D eigenvalue weighted by Gasteiger charge is 2.23. The topological polar surface area (TPSA) is 23.5 Å². The lowest BCUT2D eigenvalue weighted by Crippen LogP contribution is -2.42. The second kappa shape index (κ2) is 5.61. The van der Waals surface area contributed by atoms with Crippen LogP contribution in [0.4, 0.5) is 0 Å². The normalized spacial score (nSPS) is 18.2. The predicted octanol–water partition coefficient (Wildman–Crippen LogP) is 1.88. The minimum atomic E-state index is 0.314. The van der Waals surface area contributed by atoms with Gasteiger partial charge in [-0.05, 0) is 31.7 Å². The van der Waals surface area contributed by atoms with Crippen LogP contribution in [0.25, 0.3) is 0 Å². The SMILES string of the molecule is CC(C)CCN(CCO)C1CCC1.